The number of carboxylic acid groups (broad SMARTS) is 1. The first-order valence-electron chi connectivity index (χ1n) is 9.15. The fourth-order valence-corrected chi connectivity index (χ4v) is 3.89. The van der Waals surface area contributed by atoms with Gasteiger partial charge in [-0.2, -0.15) is 8.42 Å². The summed E-state index contributed by atoms with van der Waals surface area (Å²) < 4.78 is 30.0. The maximum atomic E-state index is 12.4. The van der Waals surface area contributed by atoms with Gasteiger partial charge in [-0.3, -0.25) is 4.18 Å². The molecule has 7 heteroatoms. The molecule has 0 aliphatic heterocycles. The fourth-order valence-electron chi connectivity index (χ4n) is 2.77. The Kier molecular flexibility index (Phi) is 9.43. The van der Waals surface area contributed by atoms with Crippen LogP contribution in [0, 0.1) is 0 Å². The van der Waals surface area contributed by atoms with Crippen LogP contribution >= 0.6 is 0 Å². The van der Waals surface area contributed by atoms with Gasteiger partial charge in [-0.1, -0.05) is 97.1 Å². The van der Waals surface area contributed by atoms with Gasteiger partial charge in [0.2, 0.25) is 0 Å². The Morgan fingerprint density at radius 1 is 0.742 bits per heavy atom. The third kappa shape index (κ3) is 7.02. The van der Waals surface area contributed by atoms with E-state index in [1.807, 2.05) is 54.6 Å². The Hall–Kier alpha value is -2.48. The summed E-state index contributed by atoms with van der Waals surface area (Å²) in [5.41, 5.74) is 1.04. The van der Waals surface area contributed by atoms with Crippen molar-refractivity contribution in [2.75, 3.05) is 0 Å². The Morgan fingerprint density at radius 2 is 1.29 bits per heavy atom. The Balaban J connectivity index is 0.000000289. The van der Waals surface area contributed by atoms with Crippen molar-refractivity contribution >= 4 is 26.9 Å². The predicted molar refractivity (Wildman–Crippen MR) is 113 cm³/mol. The van der Waals surface area contributed by atoms with Gasteiger partial charge < -0.3 is 9.90 Å². The van der Waals surface area contributed by atoms with E-state index in [9.17, 15) is 18.3 Å². The normalized spacial score (nSPS) is 10.5. The van der Waals surface area contributed by atoms with Crippen molar-refractivity contribution in [3.63, 3.8) is 0 Å². The monoisotopic (exact) mass is 442 g/mol. The molecule has 31 heavy (non-hydrogen) atoms. The van der Waals surface area contributed by atoms with Crippen molar-refractivity contribution in [1.29, 1.82) is 0 Å². The van der Waals surface area contributed by atoms with Gasteiger partial charge in [0.15, 0.2) is 0 Å². The zero-order valence-electron chi connectivity index (χ0n) is 17.0. The number of benzene rings is 4. The van der Waals surface area contributed by atoms with Gasteiger partial charge in [0.25, 0.3) is 10.1 Å². The third-order valence-electron chi connectivity index (χ3n) is 4.25. The fraction of sp³-hybridized carbons (Fsp3) is 0.0417. The van der Waals surface area contributed by atoms with Gasteiger partial charge in [-0.25, -0.2) is 0 Å². The van der Waals surface area contributed by atoms with Crippen molar-refractivity contribution in [2.24, 2.45) is 0 Å². The van der Waals surface area contributed by atoms with Crippen LogP contribution < -0.4 is 34.7 Å². The minimum atomic E-state index is -3.79. The number of carboxylic acids is 1. The largest absolute Gasteiger partial charge is 1.00 e. The second-order valence-electron chi connectivity index (χ2n) is 6.33. The minimum Gasteiger partial charge on any atom is -0.545 e. The number of rotatable bonds is 5. The summed E-state index contributed by atoms with van der Waals surface area (Å²) in [6.07, 6.45) is 0. The van der Waals surface area contributed by atoms with Crippen LogP contribution in [-0.2, 0) is 20.9 Å². The van der Waals surface area contributed by atoms with Crippen LogP contribution in [0.15, 0.2) is 108 Å². The van der Waals surface area contributed by atoms with Crippen LogP contribution in [0.4, 0.5) is 0 Å². The van der Waals surface area contributed by atoms with Crippen molar-refractivity contribution in [3.8, 4) is 0 Å². The molecule has 0 radical (unpaired) electrons. The summed E-state index contributed by atoms with van der Waals surface area (Å²) in [5, 5.41) is 11.6. The standard InChI is InChI=1S/C17H14O3S.C7H6O2.Na/c18-21(19,20-13-14-7-2-1-3-8-14)17-12-6-10-15-9-4-5-11-16(15)17;8-7(9)6-4-2-1-3-5-6;/h1-12H,13H2;1-5H,(H,8,9);/q;;+1/p-1. The van der Waals surface area contributed by atoms with E-state index in [-0.39, 0.29) is 46.6 Å². The maximum Gasteiger partial charge on any atom is 1.00 e. The van der Waals surface area contributed by atoms with Crippen LogP contribution in [0.5, 0.6) is 0 Å². The number of hydrogen-bond acceptors (Lipinski definition) is 5. The first-order chi connectivity index (χ1) is 14.5. The molecule has 4 aromatic rings. The van der Waals surface area contributed by atoms with Crippen molar-refractivity contribution < 1.29 is 52.1 Å². The van der Waals surface area contributed by atoms with E-state index in [0.29, 0.717) is 5.39 Å². The zero-order valence-corrected chi connectivity index (χ0v) is 19.8. The molecule has 0 fully saturated rings. The molecule has 4 rings (SSSR count). The van der Waals surface area contributed by atoms with E-state index in [4.69, 9.17) is 4.18 Å². The molecular weight excluding hydrogens is 423 g/mol. The summed E-state index contributed by atoms with van der Waals surface area (Å²) in [6.45, 7) is 0.0341. The molecule has 152 valence electrons. The van der Waals surface area contributed by atoms with Crippen LogP contribution in [-0.4, -0.2) is 14.4 Å². The van der Waals surface area contributed by atoms with E-state index in [0.717, 1.165) is 10.9 Å². The molecule has 0 spiro atoms. The molecule has 0 aliphatic rings. The first kappa shape index (κ1) is 24.8. The SMILES string of the molecule is O=C([O-])c1ccccc1.O=S(=O)(OCc1ccccc1)c1cccc2ccccc12.[Na+]. The molecule has 0 unspecified atom stereocenters. The van der Waals surface area contributed by atoms with Crippen LogP contribution in [0.1, 0.15) is 15.9 Å². The molecule has 0 amide bonds. The molecule has 0 heterocycles. The molecule has 5 nitrogen and oxygen atoms in total. The van der Waals surface area contributed by atoms with E-state index < -0.39 is 16.1 Å². The van der Waals surface area contributed by atoms with Crippen molar-refractivity contribution in [3.05, 3.63) is 114 Å². The Morgan fingerprint density at radius 3 is 1.90 bits per heavy atom. The Bertz CT molecular complexity index is 1220. The second kappa shape index (κ2) is 11.8. The second-order valence-corrected chi connectivity index (χ2v) is 7.92. The maximum absolute atomic E-state index is 12.4. The number of aromatic carboxylic acids is 1. The molecule has 0 aromatic heterocycles. The van der Waals surface area contributed by atoms with E-state index >= 15 is 0 Å². The molecule has 4 aromatic carbocycles. The molecule has 0 saturated heterocycles. The van der Waals surface area contributed by atoms with Gasteiger partial charge in [0.1, 0.15) is 4.90 Å². The minimum absolute atomic E-state index is 0. The zero-order chi connectivity index (χ0) is 21.4. The third-order valence-corrected chi connectivity index (χ3v) is 5.57. The number of carbonyl (C=O) groups is 1. The van der Waals surface area contributed by atoms with Crippen molar-refractivity contribution in [1.82, 2.24) is 0 Å². The summed E-state index contributed by atoms with van der Waals surface area (Å²) in [4.78, 5) is 10.3. The van der Waals surface area contributed by atoms with Gasteiger partial charge in [0.05, 0.1) is 12.6 Å². The van der Waals surface area contributed by atoms with Crippen LogP contribution in [0.2, 0.25) is 0 Å². The van der Waals surface area contributed by atoms with Crippen LogP contribution in [0.25, 0.3) is 10.8 Å². The van der Waals surface area contributed by atoms with Crippen molar-refractivity contribution in [2.45, 2.75) is 11.5 Å². The molecule has 0 bridgehead atoms. The molecule has 0 atom stereocenters. The average Bonchev–Trinajstić information content (AvgIpc) is 2.79. The van der Waals surface area contributed by atoms with E-state index in [1.165, 1.54) is 12.1 Å². The van der Waals surface area contributed by atoms with Gasteiger partial charge >= 0.3 is 29.6 Å². The smallest absolute Gasteiger partial charge is 0.545 e. The van der Waals surface area contributed by atoms with E-state index in [2.05, 4.69) is 0 Å². The van der Waals surface area contributed by atoms with Crippen LogP contribution in [0.3, 0.4) is 0 Å². The molecule has 0 aliphatic carbocycles. The average molecular weight is 442 g/mol. The van der Waals surface area contributed by atoms with E-state index in [1.54, 1.807) is 36.4 Å². The topological polar surface area (TPSA) is 83.5 Å². The van der Waals surface area contributed by atoms with Gasteiger partial charge in [-0.15, -0.1) is 0 Å². The number of carbonyl (C=O) groups excluding carboxylic acids is 1. The quantitative estimate of drug-likeness (QED) is 0.337. The van der Waals surface area contributed by atoms with Gasteiger partial charge in [0, 0.05) is 5.39 Å². The summed E-state index contributed by atoms with van der Waals surface area (Å²) in [5.74, 6) is -1.13. The molecular formula is C24H19NaO5S. The number of fused-ring (bicyclic) bond motifs is 1. The predicted octanol–water partition coefficient (Wildman–Crippen LogP) is 0.799. The summed E-state index contributed by atoms with van der Waals surface area (Å²) in [6, 6.07) is 29.8. The molecule has 0 saturated carbocycles. The summed E-state index contributed by atoms with van der Waals surface area (Å²) in [7, 11) is -3.79. The van der Waals surface area contributed by atoms with Gasteiger partial charge in [-0.05, 0) is 22.6 Å². The Labute approximate surface area is 203 Å². The molecule has 0 N–H and O–H groups in total. The first-order valence-corrected chi connectivity index (χ1v) is 10.6. The summed E-state index contributed by atoms with van der Waals surface area (Å²) >= 11 is 0. The number of hydrogen-bond donors (Lipinski definition) is 0.